The summed E-state index contributed by atoms with van der Waals surface area (Å²) in [5.41, 5.74) is 5.28. The fourth-order valence-corrected chi connectivity index (χ4v) is 2.57. The number of carbonyl (C=O) groups excluding carboxylic acids is 1. The first-order valence-electron chi connectivity index (χ1n) is 8.58. The third-order valence-corrected chi connectivity index (χ3v) is 4.28. The maximum atomic E-state index is 12.4. The van der Waals surface area contributed by atoms with Crippen molar-refractivity contribution in [3.63, 3.8) is 0 Å². The van der Waals surface area contributed by atoms with Crippen LogP contribution in [0.3, 0.4) is 0 Å². The van der Waals surface area contributed by atoms with Gasteiger partial charge in [-0.2, -0.15) is 0 Å². The van der Waals surface area contributed by atoms with Gasteiger partial charge in [-0.15, -0.1) is 0 Å². The van der Waals surface area contributed by atoms with E-state index in [4.69, 9.17) is 4.74 Å². The molecule has 1 aromatic heterocycles. The third kappa shape index (κ3) is 4.41. The SMILES string of the molecule is COc1ccc(C)cc1Nc1ncc(C(=O)Nc2ccc(C)c(C)c2)cn1. The number of hydrogen-bond donors (Lipinski definition) is 2. The molecule has 0 atom stereocenters. The van der Waals surface area contributed by atoms with E-state index in [9.17, 15) is 4.79 Å². The minimum Gasteiger partial charge on any atom is -0.495 e. The van der Waals surface area contributed by atoms with E-state index in [2.05, 4.69) is 20.6 Å². The smallest absolute Gasteiger partial charge is 0.258 e. The molecule has 0 unspecified atom stereocenters. The van der Waals surface area contributed by atoms with Crippen molar-refractivity contribution in [2.75, 3.05) is 17.7 Å². The summed E-state index contributed by atoms with van der Waals surface area (Å²) >= 11 is 0. The summed E-state index contributed by atoms with van der Waals surface area (Å²) in [6.07, 6.45) is 2.99. The fourth-order valence-electron chi connectivity index (χ4n) is 2.57. The number of carbonyl (C=O) groups is 1. The van der Waals surface area contributed by atoms with E-state index < -0.39 is 0 Å². The van der Waals surface area contributed by atoms with Crippen LogP contribution in [0.5, 0.6) is 5.75 Å². The second-order valence-electron chi connectivity index (χ2n) is 6.38. The monoisotopic (exact) mass is 362 g/mol. The molecule has 27 heavy (non-hydrogen) atoms. The molecule has 2 N–H and O–H groups in total. The van der Waals surface area contributed by atoms with E-state index in [0.29, 0.717) is 17.3 Å². The van der Waals surface area contributed by atoms with Gasteiger partial charge in [0.1, 0.15) is 5.75 Å². The number of aromatic nitrogens is 2. The van der Waals surface area contributed by atoms with E-state index in [1.165, 1.54) is 18.0 Å². The molecule has 0 aliphatic carbocycles. The molecule has 2 aromatic carbocycles. The zero-order valence-electron chi connectivity index (χ0n) is 15.8. The molecule has 0 saturated carbocycles. The Bertz CT molecular complexity index is 968. The number of nitrogens with one attached hydrogen (secondary N) is 2. The third-order valence-electron chi connectivity index (χ3n) is 4.28. The van der Waals surface area contributed by atoms with Crippen LogP contribution >= 0.6 is 0 Å². The average molecular weight is 362 g/mol. The van der Waals surface area contributed by atoms with Gasteiger partial charge in [0.05, 0.1) is 18.4 Å². The number of rotatable bonds is 5. The number of ether oxygens (including phenoxy) is 1. The van der Waals surface area contributed by atoms with Crippen LogP contribution in [0.25, 0.3) is 0 Å². The minimum atomic E-state index is -0.252. The molecule has 0 spiro atoms. The summed E-state index contributed by atoms with van der Waals surface area (Å²) in [7, 11) is 1.61. The highest BCUT2D eigenvalue weighted by Crippen LogP contribution is 2.27. The van der Waals surface area contributed by atoms with Gasteiger partial charge in [0, 0.05) is 18.1 Å². The molecule has 1 heterocycles. The van der Waals surface area contributed by atoms with Gasteiger partial charge in [0.15, 0.2) is 0 Å². The molecule has 3 aromatic rings. The lowest BCUT2D eigenvalue weighted by molar-refractivity contribution is 0.102. The predicted octanol–water partition coefficient (Wildman–Crippen LogP) is 4.41. The number of methoxy groups -OCH3 is 1. The number of aryl methyl sites for hydroxylation is 3. The summed E-state index contributed by atoms with van der Waals surface area (Å²) in [6, 6.07) is 11.6. The molecule has 0 saturated heterocycles. The summed E-state index contributed by atoms with van der Waals surface area (Å²) in [5, 5.41) is 5.98. The number of amides is 1. The standard InChI is InChI=1S/C21H22N4O2/c1-13-5-8-19(27-4)18(9-13)25-21-22-11-16(12-23-21)20(26)24-17-7-6-14(2)15(3)10-17/h5-12H,1-4H3,(H,24,26)(H,22,23,25). The second-order valence-corrected chi connectivity index (χ2v) is 6.38. The van der Waals surface area contributed by atoms with Gasteiger partial charge in [0.25, 0.3) is 5.91 Å². The van der Waals surface area contributed by atoms with Crippen molar-refractivity contribution in [2.24, 2.45) is 0 Å². The first kappa shape index (κ1) is 18.4. The van der Waals surface area contributed by atoms with Gasteiger partial charge in [-0.25, -0.2) is 9.97 Å². The van der Waals surface area contributed by atoms with Gasteiger partial charge in [-0.3, -0.25) is 4.79 Å². The van der Waals surface area contributed by atoms with Crippen molar-refractivity contribution in [3.05, 3.63) is 71.0 Å². The van der Waals surface area contributed by atoms with Crippen LogP contribution < -0.4 is 15.4 Å². The Kier molecular flexibility index (Phi) is 5.35. The molecular weight excluding hydrogens is 340 g/mol. The fraction of sp³-hybridized carbons (Fsp3) is 0.190. The van der Waals surface area contributed by atoms with Crippen molar-refractivity contribution in [2.45, 2.75) is 20.8 Å². The summed E-state index contributed by atoms with van der Waals surface area (Å²) < 4.78 is 5.34. The van der Waals surface area contributed by atoms with Crippen molar-refractivity contribution >= 4 is 23.2 Å². The lowest BCUT2D eigenvalue weighted by Crippen LogP contribution is -2.13. The molecule has 0 aliphatic rings. The highest BCUT2D eigenvalue weighted by Gasteiger charge is 2.10. The highest BCUT2D eigenvalue weighted by atomic mass is 16.5. The van der Waals surface area contributed by atoms with E-state index in [1.54, 1.807) is 7.11 Å². The maximum Gasteiger partial charge on any atom is 0.258 e. The lowest BCUT2D eigenvalue weighted by Gasteiger charge is -2.11. The van der Waals surface area contributed by atoms with E-state index >= 15 is 0 Å². The molecule has 0 aliphatic heterocycles. The second kappa shape index (κ2) is 7.86. The molecule has 138 valence electrons. The van der Waals surface area contributed by atoms with E-state index in [0.717, 1.165) is 22.5 Å². The molecular formula is C21H22N4O2. The predicted molar refractivity (Wildman–Crippen MR) is 107 cm³/mol. The Morgan fingerprint density at radius 1 is 0.963 bits per heavy atom. The van der Waals surface area contributed by atoms with Crippen molar-refractivity contribution in [3.8, 4) is 5.75 Å². The number of anilines is 3. The van der Waals surface area contributed by atoms with Crippen LogP contribution in [0.4, 0.5) is 17.3 Å². The van der Waals surface area contributed by atoms with E-state index in [1.807, 2.05) is 57.2 Å². The zero-order valence-corrected chi connectivity index (χ0v) is 15.8. The van der Waals surface area contributed by atoms with Crippen molar-refractivity contribution < 1.29 is 9.53 Å². The zero-order chi connectivity index (χ0) is 19.4. The minimum absolute atomic E-state index is 0.252. The molecule has 0 bridgehead atoms. The van der Waals surface area contributed by atoms with Gasteiger partial charge in [0.2, 0.25) is 5.95 Å². The summed E-state index contributed by atoms with van der Waals surface area (Å²) in [5.74, 6) is 0.834. The van der Waals surface area contributed by atoms with Crippen molar-refractivity contribution in [1.29, 1.82) is 0 Å². The van der Waals surface area contributed by atoms with Crippen molar-refractivity contribution in [1.82, 2.24) is 9.97 Å². The maximum absolute atomic E-state index is 12.4. The molecule has 1 amide bonds. The van der Waals surface area contributed by atoms with E-state index in [-0.39, 0.29) is 5.91 Å². The van der Waals surface area contributed by atoms with Crippen LogP contribution in [-0.4, -0.2) is 23.0 Å². The van der Waals surface area contributed by atoms with Crippen LogP contribution in [-0.2, 0) is 0 Å². The molecule has 6 nitrogen and oxygen atoms in total. The lowest BCUT2D eigenvalue weighted by atomic mass is 10.1. The summed E-state index contributed by atoms with van der Waals surface area (Å²) in [6.45, 7) is 6.03. The highest BCUT2D eigenvalue weighted by molar-refractivity contribution is 6.04. The van der Waals surface area contributed by atoms with Gasteiger partial charge >= 0.3 is 0 Å². The van der Waals surface area contributed by atoms with Gasteiger partial charge in [-0.1, -0.05) is 12.1 Å². The Hall–Kier alpha value is -3.41. The molecule has 0 radical (unpaired) electrons. The quantitative estimate of drug-likeness (QED) is 0.703. The number of hydrogen-bond acceptors (Lipinski definition) is 5. The average Bonchev–Trinajstić information content (AvgIpc) is 2.65. The first-order chi connectivity index (χ1) is 13.0. The largest absolute Gasteiger partial charge is 0.495 e. The topological polar surface area (TPSA) is 76.1 Å². The molecule has 0 fully saturated rings. The molecule has 6 heteroatoms. The van der Waals surface area contributed by atoms with Crippen LogP contribution in [0, 0.1) is 20.8 Å². The normalized spacial score (nSPS) is 10.4. The van der Waals surface area contributed by atoms with Gasteiger partial charge < -0.3 is 15.4 Å². The Morgan fingerprint density at radius 2 is 1.70 bits per heavy atom. The number of nitrogens with zero attached hydrogens (tertiary/aromatic N) is 2. The van der Waals surface area contributed by atoms with Gasteiger partial charge in [-0.05, 0) is 61.7 Å². The first-order valence-corrected chi connectivity index (χ1v) is 8.58. The molecule has 3 rings (SSSR count). The van der Waals surface area contributed by atoms with Crippen LogP contribution in [0.15, 0.2) is 48.8 Å². The van der Waals surface area contributed by atoms with Crippen LogP contribution in [0.2, 0.25) is 0 Å². The Labute approximate surface area is 158 Å². The Balaban J connectivity index is 1.72. The Morgan fingerprint density at radius 3 is 2.37 bits per heavy atom. The summed E-state index contributed by atoms with van der Waals surface area (Å²) in [4.78, 5) is 20.9. The van der Waals surface area contributed by atoms with Crippen LogP contribution in [0.1, 0.15) is 27.0 Å². The number of benzene rings is 2.